The Morgan fingerprint density at radius 1 is 0.471 bits per heavy atom. The standard InChI is InChI=1S/C16H10.Li.H/c1-3-11-7-9-13-5-2-6-14-10-8-12(4-1)15(11)16(13)14;;/h1-10H;;/q;+1;-1. The second-order valence-electron chi connectivity index (χ2n) is 4.29. The van der Waals surface area contributed by atoms with Gasteiger partial charge in [-0.25, -0.2) is 0 Å². The van der Waals surface area contributed by atoms with Crippen molar-refractivity contribution in [3.63, 3.8) is 0 Å². The van der Waals surface area contributed by atoms with Gasteiger partial charge in [0, 0.05) is 0 Å². The third-order valence-corrected chi connectivity index (χ3v) is 3.39. The van der Waals surface area contributed by atoms with E-state index in [2.05, 4.69) is 60.7 Å². The minimum absolute atomic E-state index is 0. The smallest absolute Gasteiger partial charge is 1.00 e. The summed E-state index contributed by atoms with van der Waals surface area (Å²) in [6, 6.07) is 21.9. The maximum absolute atomic E-state index is 2.21. The van der Waals surface area contributed by atoms with E-state index in [1.807, 2.05) is 0 Å². The quantitative estimate of drug-likeness (QED) is 0.306. The van der Waals surface area contributed by atoms with Crippen molar-refractivity contribution in [1.29, 1.82) is 0 Å². The average molecular weight is 210 g/mol. The molecule has 0 amide bonds. The van der Waals surface area contributed by atoms with Gasteiger partial charge in [0.1, 0.15) is 0 Å². The average Bonchev–Trinajstić information content (AvgIpc) is 2.36. The van der Waals surface area contributed by atoms with Gasteiger partial charge in [-0.15, -0.1) is 0 Å². The molecule has 0 bridgehead atoms. The first-order valence-corrected chi connectivity index (χ1v) is 5.56. The molecule has 0 aliphatic rings. The molecule has 0 radical (unpaired) electrons. The molecule has 0 saturated heterocycles. The van der Waals surface area contributed by atoms with E-state index in [0.29, 0.717) is 0 Å². The molecule has 0 N–H and O–H groups in total. The summed E-state index contributed by atoms with van der Waals surface area (Å²) in [5.74, 6) is 0. The summed E-state index contributed by atoms with van der Waals surface area (Å²) in [5.41, 5.74) is 0. The topological polar surface area (TPSA) is 0 Å². The van der Waals surface area contributed by atoms with Gasteiger partial charge in [0.25, 0.3) is 0 Å². The molecule has 0 heterocycles. The number of benzene rings is 4. The van der Waals surface area contributed by atoms with Crippen molar-refractivity contribution in [2.45, 2.75) is 0 Å². The van der Waals surface area contributed by atoms with E-state index in [1.165, 1.54) is 32.3 Å². The summed E-state index contributed by atoms with van der Waals surface area (Å²) >= 11 is 0. The predicted octanol–water partition coefficient (Wildman–Crippen LogP) is 1.70. The van der Waals surface area contributed by atoms with Crippen molar-refractivity contribution in [3.8, 4) is 0 Å². The van der Waals surface area contributed by atoms with Crippen LogP contribution in [0.1, 0.15) is 1.43 Å². The summed E-state index contributed by atoms with van der Waals surface area (Å²) in [5, 5.41) is 8.14. The SMILES string of the molecule is [H-].[Li+].c1cc2ccc3cccc4ccc(c1)c2c34. The van der Waals surface area contributed by atoms with Crippen molar-refractivity contribution in [3.05, 3.63) is 60.7 Å². The minimum atomic E-state index is 0. The zero-order chi connectivity index (χ0) is 10.5. The largest absolute Gasteiger partial charge is 1.00 e. The fourth-order valence-corrected chi connectivity index (χ4v) is 2.67. The third-order valence-electron chi connectivity index (χ3n) is 3.39. The van der Waals surface area contributed by atoms with Crippen molar-refractivity contribution >= 4 is 32.3 Å². The molecule has 0 nitrogen and oxygen atoms in total. The molecule has 0 saturated carbocycles. The van der Waals surface area contributed by atoms with Crippen LogP contribution >= 0.6 is 0 Å². The molecule has 4 rings (SSSR count). The summed E-state index contributed by atoms with van der Waals surface area (Å²) in [7, 11) is 0. The zero-order valence-corrected chi connectivity index (χ0v) is 9.77. The van der Waals surface area contributed by atoms with E-state index < -0.39 is 0 Å². The molecule has 4 aromatic rings. The van der Waals surface area contributed by atoms with E-state index in [4.69, 9.17) is 0 Å². The molecular weight excluding hydrogens is 199 g/mol. The normalized spacial score (nSPS) is 11.1. The molecule has 0 aliphatic heterocycles. The van der Waals surface area contributed by atoms with Crippen LogP contribution in [0, 0.1) is 0 Å². The molecule has 0 aromatic heterocycles. The van der Waals surface area contributed by atoms with Crippen LogP contribution in [0.3, 0.4) is 0 Å². The van der Waals surface area contributed by atoms with E-state index in [1.54, 1.807) is 0 Å². The van der Waals surface area contributed by atoms with Crippen LogP contribution in [0.15, 0.2) is 60.7 Å². The Kier molecular flexibility index (Phi) is 2.36. The van der Waals surface area contributed by atoms with Gasteiger partial charge in [0.15, 0.2) is 0 Å². The Balaban J connectivity index is 0.000000602. The van der Waals surface area contributed by atoms with E-state index >= 15 is 0 Å². The Morgan fingerprint density at radius 2 is 0.765 bits per heavy atom. The second kappa shape index (κ2) is 3.77. The second-order valence-corrected chi connectivity index (χ2v) is 4.29. The molecule has 76 valence electrons. The molecule has 1 heteroatoms. The van der Waals surface area contributed by atoms with Crippen LogP contribution < -0.4 is 18.9 Å². The molecule has 0 atom stereocenters. The molecule has 4 aromatic carbocycles. The number of rotatable bonds is 0. The Labute approximate surface area is 113 Å². The number of hydrogen-bond donors (Lipinski definition) is 0. The van der Waals surface area contributed by atoms with Crippen LogP contribution in [0.25, 0.3) is 32.3 Å². The van der Waals surface area contributed by atoms with Crippen LogP contribution in [-0.4, -0.2) is 0 Å². The molecule has 17 heavy (non-hydrogen) atoms. The first-order chi connectivity index (χ1) is 7.93. The zero-order valence-electron chi connectivity index (χ0n) is 10.8. The minimum Gasteiger partial charge on any atom is -1.00 e. The summed E-state index contributed by atoms with van der Waals surface area (Å²) in [6.45, 7) is 0. The van der Waals surface area contributed by atoms with Crippen molar-refractivity contribution in [2.24, 2.45) is 0 Å². The van der Waals surface area contributed by atoms with Gasteiger partial charge in [0.2, 0.25) is 0 Å². The molecular formula is C16H11Li. The maximum atomic E-state index is 2.21. The predicted molar refractivity (Wildman–Crippen MR) is 71.3 cm³/mol. The van der Waals surface area contributed by atoms with Gasteiger partial charge in [0.05, 0.1) is 0 Å². The fraction of sp³-hybridized carbons (Fsp3) is 0. The van der Waals surface area contributed by atoms with Crippen molar-refractivity contribution < 1.29 is 20.3 Å². The van der Waals surface area contributed by atoms with Crippen LogP contribution in [0.5, 0.6) is 0 Å². The van der Waals surface area contributed by atoms with E-state index in [-0.39, 0.29) is 20.3 Å². The Hall–Kier alpha value is -1.48. The van der Waals surface area contributed by atoms with Gasteiger partial charge >= 0.3 is 18.9 Å². The molecule has 0 unspecified atom stereocenters. The van der Waals surface area contributed by atoms with Crippen molar-refractivity contribution in [2.75, 3.05) is 0 Å². The fourth-order valence-electron chi connectivity index (χ4n) is 2.67. The monoisotopic (exact) mass is 210 g/mol. The third kappa shape index (κ3) is 1.39. The van der Waals surface area contributed by atoms with Gasteiger partial charge in [-0.1, -0.05) is 60.7 Å². The Bertz CT molecular complexity index is 678. The van der Waals surface area contributed by atoms with Crippen LogP contribution in [-0.2, 0) is 0 Å². The first-order valence-electron chi connectivity index (χ1n) is 5.56. The summed E-state index contributed by atoms with van der Waals surface area (Å²) in [4.78, 5) is 0. The molecule has 0 spiro atoms. The summed E-state index contributed by atoms with van der Waals surface area (Å²) < 4.78 is 0. The first kappa shape index (κ1) is 10.7. The maximum Gasteiger partial charge on any atom is 1.00 e. The van der Waals surface area contributed by atoms with E-state index in [9.17, 15) is 0 Å². The summed E-state index contributed by atoms with van der Waals surface area (Å²) in [6.07, 6.45) is 0. The Morgan fingerprint density at radius 3 is 1.06 bits per heavy atom. The van der Waals surface area contributed by atoms with Crippen molar-refractivity contribution in [1.82, 2.24) is 0 Å². The van der Waals surface area contributed by atoms with Gasteiger partial charge in [-0.2, -0.15) is 0 Å². The van der Waals surface area contributed by atoms with Crippen LogP contribution in [0.4, 0.5) is 0 Å². The molecule has 0 fully saturated rings. The van der Waals surface area contributed by atoms with E-state index in [0.717, 1.165) is 0 Å². The molecule has 0 aliphatic carbocycles. The number of hydrogen-bond acceptors (Lipinski definition) is 0. The van der Waals surface area contributed by atoms with Gasteiger partial charge in [-0.3, -0.25) is 0 Å². The van der Waals surface area contributed by atoms with Gasteiger partial charge < -0.3 is 1.43 Å². The van der Waals surface area contributed by atoms with Gasteiger partial charge in [-0.05, 0) is 32.3 Å². The van der Waals surface area contributed by atoms with Crippen LogP contribution in [0.2, 0.25) is 0 Å².